The molecule has 0 amide bonds. The molecule has 0 aliphatic carbocycles. The van der Waals surface area contributed by atoms with E-state index in [0.717, 1.165) is 30.8 Å². The molecule has 0 fully saturated rings. The predicted molar refractivity (Wildman–Crippen MR) is 113 cm³/mol. The summed E-state index contributed by atoms with van der Waals surface area (Å²) in [6, 6.07) is 13.9. The van der Waals surface area contributed by atoms with Crippen molar-refractivity contribution in [3.63, 3.8) is 0 Å². The maximum absolute atomic E-state index is 11.8. The zero-order valence-electron chi connectivity index (χ0n) is 14.6. The maximum atomic E-state index is 11.8. The van der Waals surface area contributed by atoms with Crippen LogP contribution in [-0.4, -0.2) is 17.6 Å². The van der Waals surface area contributed by atoms with Gasteiger partial charge >= 0.3 is 5.97 Å². The van der Waals surface area contributed by atoms with Crippen LogP contribution < -0.4 is 4.74 Å². The molecule has 3 rings (SSSR count). The molecule has 1 heterocycles. The van der Waals surface area contributed by atoms with Crippen LogP contribution in [0.25, 0.3) is 0 Å². The van der Waals surface area contributed by atoms with Crippen molar-refractivity contribution in [2.75, 3.05) is 6.61 Å². The van der Waals surface area contributed by atoms with Crippen molar-refractivity contribution in [3.8, 4) is 5.75 Å². The van der Waals surface area contributed by atoms with E-state index >= 15 is 0 Å². The summed E-state index contributed by atoms with van der Waals surface area (Å²) in [6.45, 7) is 2.60. The Morgan fingerprint density at radius 3 is 2.59 bits per heavy atom. The zero-order chi connectivity index (χ0) is 19.2. The van der Waals surface area contributed by atoms with E-state index in [9.17, 15) is 4.79 Å². The predicted octanol–water partition coefficient (Wildman–Crippen LogP) is 6.01. The average Bonchev–Trinajstić information content (AvgIpc) is 3.11. The fraction of sp³-hybridized carbons (Fsp3) is 0.200. The van der Waals surface area contributed by atoms with Crippen molar-refractivity contribution >= 4 is 49.2 Å². The number of thiazole rings is 1. The molecular weight excluding hydrogens is 494 g/mol. The van der Waals surface area contributed by atoms with E-state index in [4.69, 9.17) is 9.47 Å². The monoisotopic (exact) mass is 509 g/mol. The Balaban J connectivity index is 1.74. The van der Waals surface area contributed by atoms with Gasteiger partial charge in [-0.25, -0.2) is 9.78 Å². The van der Waals surface area contributed by atoms with Crippen LogP contribution in [0.1, 0.15) is 33.5 Å². The fourth-order valence-electron chi connectivity index (χ4n) is 2.42. The number of nitrogens with zero attached hydrogens (tertiary/aromatic N) is 1. The molecule has 0 atom stereocenters. The first-order chi connectivity index (χ1) is 13.0. The lowest BCUT2D eigenvalue weighted by atomic mass is 10.1. The molecule has 0 saturated heterocycles. The number of carbonyl (C=O) groups is 1. The number of aromatic nitrogens is 1. The quantitative estimate of drug-likeness (QED) is 0.365. The molecule has 0 bridgehead atoms. The Morgan fingerprint density at radius 1 is 1.11 bits per heavy atom. The van der Waals surface area contributed by atoms with Crippen molar-refractivity contribution < 1.29 is 14.3 Å². The third kappa shape index (κ3) is 5.64. The van der Waals surface area contributed by atoms with Gasteiger partial charge in [-0.1, -0.05) is 44.0 Å². The van der Waals surface area contributed by atoms with Crippen molar-refractivity contribution in [1.82, 2.24) is 4.98 Å². The van der Waals surface area contributed by atoms with Crippen molar-refractivity contribution in [2.24, 2.45) is 0 Å². The second kappa shape index (κ2) is 9.48. The van der Waals surface area contributed by atoms with Gasteiger partial charge in [-0.3, -0.25) is 0 Å². The van der Waals surface area contributed by atoms with E-state index < -0.39 is 0 Å². The SMILES string of the molecule is CCOC(=O)c1csc(Cc2cc(Br)ccc2OCc2ccc(Br)cc2)n1. The van der Waals surface area contributed by atoms with E-state index in [0.29, 0.717) is 25.3 Å². The molecule has 4 nitrogen and oxygen atoms in total. The lowest BCUT2D eigenvalue weighted by molar-refractivity contribution is 0.0520. The lowest BCUT2D eigenvalue weighted by Crippen LogP contribution is -2.05. The third-order valence-electron chi connectivity index (χ3n) is 3.71. The number of hydrogen-bond acceptors (Lipinski definition) is 5. The Kier molecular flexibility index (Phi) is 7.04. The topological polar surface area (TPSA) is 48.4 Å². The van der Waals surface area contributed by atoms with Gasteiger partial charge in [-0.15, -0.1) is 11.3 Å². The van der Waals surface area contributed by atoms with Crippen molar-refractivity contribution in [2.45, 2.75) is 20.0 Å². The fourth-order valence-corrected chi connectivity index (χ4v) is 3.88. The Morgan fingerprint density at radius 2 is 1.85 bits per heavy atom. The van der Waals surface area contributed by atoms with Gasteiger partial charge in [0, 0.05) is 26.3 Å². The molecular formula is C20H17Br2NO3S. The molecule has 0 saturated carbocycles. The van der Waals surface area contributed by atoms with Crippen LogP contribution in [0.4, 0.5) is 0 Å². The molecule has 0 aliphatic rings. The van der Waals surface area contributed by atoms with Crippen LogP contribution >= 0.6 is 43.2 Å². The second-order valence-corrected chi connectivity index (χ2v) is 8.46. The van der Waals surface area contributed by atoms with Crippen molar-refractivity contribution in [3.05, 3.63) is 78.6 Å². The van der Waals surface area contributed by atoms with Gasteiger partial charge in [0.2, 0.25) is 0 Å². The highest BCUT2D eigenvalue weighted by atomic mass is 79.9. The Bertz CT molecular complexity index is 925. The van der Waals surface area contributed by atoms with Crippen molar-refractivity contribution in [1.29, 1.82) is 0 Å². The Labute approximate surface area is 178 Å². The van der Waals surface area contributed by atoms with Crippen LogP contribution in [0, 0.1) is 0 Å². The molecule has 140 valence electrons. The highest BCUT2D eigenvalue weighted by Crippen LogP contribution is 2.28. The van der Waals surface area contributed by atoms with Crippen LogP contribution in [0.15, 0.2) is 56.8 Å². The van der Waals surface area contributed by atoms with Gasteiger partial charge in [-0.2, -0.15) is 0 Å². The number of hydrogen-bond donors (Lipinski definition) is 0. The second-order valence-electron chi connectivity index (χ2n) is 5.69. The van der Waals surface area contributed by atoms with Gasteiger partial charge in [0.25, 0.3) is 0 Å². The summed E-state index contributed by atoms with van der Waals surface area (Å²) in [5.41, 5.74) is 2.45. The summed E-state index contributed by atoms with van der Waals surface area (Å²) in [5, 5.41) is 2.57. The number of carbonyl (C=O) groups excluding carboxylic acids is 1. The minimum Gasteiger partial charge on any atom is -0.489 e. The van der Waals surface area contributed by atoms with Crippen LogP contribution in [0.3, 0.4) is 0 Å². The number of benzene rings is 2. The number of halogens is 2. The molecule has 0 radical (unpaired) electrons. The molecule has 3 aromatic rings. The molecule has 0 spiro atoms. The number of esters is 1. The number of ether oxygens (including phenoxy) is 2. The first-order valence-corrected chi connectivity index (χ1v) is 10.8. The van der Waals surface area contributed by atoms with Gasteiger partial charge in [-0.05, 0) is 42.8 Å². The summed E-state index contributed by atoms with van der Waals surface area (Å²) in [7, 11) is 0. The summed E-state index contributed by atoms with van der Waals surface area (Å²) in [4.78, 5) is 16.2. The summed E-state index contributed by atoms with van der Waals surface area (Å²) < 4.78 is 13.0. The molecule has 2 aromatic carbocycles. The van der Waals surface area contributed by atoms with Crippen LogP contribution in [0.5, 0.6) is 5.75 Å². The van der Waals surface area contributed by atoms with Gasteiger partial charge in [0.05, 0.1) is 11.6 Å². The highest BCUT2D eigenvalue weighted by Gasteiger charge is 2.14. The highest BCUT2D eigenvalue weighted by molar-refractivity contribution is 9.10. The minimum atomic E-state index is -0.388. The maximum Gasteiger partial charge on any atom is 0.357 e. The van der Waals surface area contributed by atoms with Gasteiger partial charge in [0.1, 0.15) is 12.4 Å². The first-order valence-electron chi connectivity index (χ1n) is 8.32. The van der Waals surface area contributed by atoms with E-state index in [1.807, 2.05) is 42.5 Å². The lowest BCUT2D eigenvalue weighted by Gasteiger charge is -2.11. The van der Waals surface area contributed by atoms with Gasteiger partial charge < -0.3 is 9.47 Å². The molecule has 0 unspecified atom stereocenters. The zero-order valence-corrected chi connectivity index (χ0v) is 18.6. The average molecular weight is 511 g/mol. The van der Waals surface area contributed by atoms with Gasteiger partial charge in [0.15, 0.2) is 5.69 Å². The van der Waals surface area contributed by atoms with E-state index in [-0.39, 0.29) is 5.97 Å². The van der Waals surface area contributed by atoms with E-state index in [1.165, 1.54) is 11.3 Å². The third-order valence-corrected chi connectivity index (χ3v) is 5.58. The molecule has 27 heavy (non-hydrogen) atoms. The summed E-state index contributed by atoms with van der Waals surface area (Å²) in [6.07, 6.45) is 0.583. The smallest absolute Gasteiger partial charge is 0.357 e. The van der Waals surface area contributed by atoms with E-state index in [2.05, 4.69) is 36.8 Å². The standard InChI is InChI=1S/C20H17Br2NO3S/c1-2-25-20(24)17-12-27-19(23-17)10-14-9-16(22)7-8-18(14)26-11-13-3-5-15(21)6-4-13/h3-9,12H,2,10-11H2,1H3. The summed E-state index contributed by atoms with van der Waals surface area (Å²) >= 11 is 8.39. The first kappa shape index (κ1) is 20.0. The van der Waals surface area contributed by atoms with Crippen LogP contribution in [0.2, 0.25) is 0 Å². The normalized spacial score (nSPS) is 10.6. The summed E-state index contributed by atoms with van der Waals surface area (Å²) in [5.74, 6) is 0.412. The molecule has 1 aromatic heterocycles. The minimum absolute atomic E-state index is 0.339. The van der Waals surface area contributed by atoms with Crippen LogP contribution in [-0.2, 0) is 17.8 Å². The van der Waals surface area contributed by atoms with E-state index in [1.54, 1.807) is 12.3 Å². The largest absolute Gasteiger partial charge is 0.489 e. The molecule has 7 heteroatoms. The Hall–Kier alpha value is -1.70. The molecule has 0 N–H and O–H groups in total. The molecule has 0 aliphatic heterocycles. The number of rotatable bonds is 7.